The molecule has 0 saturated carbocycles. The minimum Gasteiger partial charge on any atom is -0.494 e. The van der Waals surface area contributed by atoms with Crippen molar-refractivity contribution >= 4 is 34.5 Å². The van der Waals surface area contributed by atoms with Gasteiger partial charge >= 0.3 is 0 Å². The van der Waals surface area contributed by atoms with E-state index in [2.05, 4.69) is 15.8 Å². The molecule has 2 aromatic rings. The van der Waals surface area contributed by atoms with Crippen LogP contribution in [0.25, 0.3) is 0 Å². The number of nitro benzene ring substituents is 1. The zero-order valence-corrected chi connectivity index (χ0v) is 12.1. The fourth-order valence-corrected chi connectivity index (χ4v) is 1.81. The average Bonchev–Trinajstić information content (AvgIpc) is 2.84. The zero-order valence-electron chi connectivity index (χ0n) is 11.2. The van der Waals surface area contributed by atoms with Crippen molar-refractivity contribution in [3.63, 3.8) is 0 Å². The lowest BCUT2D eigenvalue weighted by atomic mass is 10.2. The molecule has 2 N–H and O–H groups in total. The summed E-state index contributed by atoms with van der Waals surface area (Å²) in [5.74, 6) is 1.42. The topological polar surface area (TPSA) is 102 Å². The Balaban J connectivity index is 2.11. The van der Waals surface area contributed by atoms with Crippen LogP contribution in [-0.4, -0.2) is 22.3 Å². The molecule has 0 aliphatic heterocycles. The van der Waals surface area contributed by atoms with E-state index in [4.69, 9.17) is 21.5 Å². The van der Waals surface area contributed by atoms with E-state index >= 15 is 0 Å². The fourth-order valence-electron chi connectivity index (χ4n) is 1.59. The second-order valence-corrected chi connectivity index (χ2v) is 4.45. The van der Waals surface area contributed by atoms with Crippen molar-refractivity contribution in [3.8, 4) is 5.75 Å². The SMILES string of the molecule is COc1cc([N+](=O)[O-])ccc1NC(=S)Nc1cc(C)on1. The van der Waals surface area contributed by atoms with Crippen molar-refractivity contribution in [2.24, 2.45) is 0 Å². The van der Waals surface area contributed by atoms with E-state index in [0.717, 1.165) is 0 Å². The first-order valence-electron chi connectivity index (χ1n) is 5.83. The van der Waals surface area contributed by atoms with Crippen LogP contribution in [0.15, 0.2) is 28.8 Å². The highest BCUT2D eigenvalue weighted by molar-refractivity contribution is 7.80. The Morgan fingerprint density at radius 3 is 2.76 bits per heavy atom. The number of anilines is 2. The Morgan fingerprint density at radius 1 is 1.43 bits per heavy atom. The summed E-state index contributed by atoms with van der Waals surface area (Å²) in [4.78, 5) is 10.2. The zero-order chi connectivity index (χ0) is 15.4. The molecule has 1 heterocycles. The van der Waals surface area contributed by atoms with Gasteiger partial charge in [-0.2, -0.15) is 0 Å². The molecule has 0 unspecified atom stereocenters. The summed E-state index contributed by atoms with van der Waals surface area (Å²) in [6.07, 6.45) is 0. The third-order valence-electron chi connectivity index (χ3n) is 2.51. The number of non-ortho nitro benzene ring substituents is 1. The largest absolute Gasteiger partial charge is 0.494 e. The molecule has 1 aromatic carbocycles. The van der Waals surface area contributed by atoms with Gasteiger partial charge in [-0.15, -0.1) is 0 Å². The smallest absolute Gasteiger partial charge is 0.273 e. The van der Waals surface area contributed by atoms with Crippen LogP contribution < -0.4 is 15.4 Å². The number of hydrogen-bond acceptors (Lipinski definition) is 6. The average molecular weight is 308 g/mol. The maximum Gasteiger partial charge on any atom is 0.273 e. The predicted molar refractivity (Wildman–Crippen MR) is 80.7 cm³/mol. The predicted octanol–water partition coefficient (Wildman–Crippen LogP) is 2.71. The van der Waals surface area contributed by atoms with Crippen LogP contribution in [0, 0.1) is 17.0 Å². The van der Waals surface area contributed by atoms with Crippen LogP contribution in [-0.2, 0) is 0 Å². The molecule has 0 bridgehead atoms. The highest BCUT2D eigenvalue weighted by Gasteiger charge is 2.12. The number of ether oxygens (including phenoxy) is 1. The maximum absolute atomic E-state index is 10.7. The Labute approximate surface area is 125 Å². The van der Waals surface area contributed by atoms with Gasteiger partial charge in [-0.3, -0.25) is 10.1 Å². The van der Waals surface area contributed by atoms with Gasteiger partial charge in [-0.1, -0.05) is 5.16 Å². The molecule has 0 spiro atoms. The van der Waals surface area contributed by atoms with Crippen LogP contribution in [0.4, 0.5) is 17.2 Å². The highest BCUT2D eigenvalue weighted by Crippen LogP contribution is 2.29. The second-order valence-electron chi connectivity index (χ2n) is 4.04. The van der Waals surface area contributed by atoms with Crippen molar-refractivity contribution in [2.75, 3.05) is 17.7 Å². The first-order chi connectivity index (χ1) is 9.99. The molecule has 0 amide bonds. The number of aryl methyl sites for hydroxylation is 1. The minimum atomic E-state index is -0.499. The molecule has 1 aromatic heterocycles. The molecule has 8 nitrogen and oxygen atoms in total. The molecular weight excluding hydrogens is 296 g/mol. The summed E-state index contributed by atoms with van der Waals surface area (Å²) in [7, 11) is 1.42. The van der Waals surface area contributed by atoms with Crippen molar-refractivity contribution < 1.29 is 14.2 Å². The lowest BCUT2D eigenvalue weighted by Crippen LogP contribution is -2.19. The summed E-state index contributed by atoms with van der Waals surface area (Å²) >= 11 is 5.13. The van der Waals surface area contributed by atoms with Gasteiger partial charge in [-0.05, 0) is 25.2 Å². The highest BCUT2D eigenvalue weighted by atomic mass is 32.1. The van der Waals surface area contributed by atoms with E-state index in [1.165, 1.54) is 25.3 Å². The minimum absolute atomic E-state index is 0.0663. The Kier molecular flexibility index (Phi) is 4.33. The van der Waals surface area contributed by atoms with Crippen LogP contribution in [0.3, 0.4) is 0 Å². The molecule has 2 rings (SSSR count). The Hall–Kier alpha value is -2.68. The number of thiocarbonyl (C=S) groups is 1. The molecule has 9 heteroatoms. The van der Waals surface area contributed by atoms with Gasteiger partial charge < -0.3 is 19.9 Å². The second kappa shape index (κ2) is 6.18. The molecular formula is C12H12N4O4S. The molecule has 0 fully saturated rings. The van der Waals surface area contributed by atoms with Gasteiger partial charge in [0.1, 0.15) is 11.5 Å². The molecule has 0 aliphatic carbocycles. The van der Waals surface area contributed by atoms with Gasteiger partial charge in [0.15, 0.2) is 10.9 Å². The van der Waals surface area contributed by atoms with E-state index in [0.29, 0.717) is 23.0 Å². The van der Waals surface area contributed by atoms with Crippen LogP contribution in [0.2, 0.25) is 0 Å². The van der Waals surface area contributed by atoms with Crippen molar-refractivity contribution in [1.29, 1.82) is 0 Å². The number of methoxy groups -OCH3 is 1. The van der Waals surface area contributed by atoms with Crippen molar-refractivity contribution in [2.45, 2.75) is 6.92 Å². The first kappa shape index (κ1) is 14.7. The molecule has 0 aliphatic rings. The van der Waals surface area contributed by atoms with E-state index in [1.807, 2.05) is 0 Å². The monoisotopic (exact) mass is 308 g/mol. The Bertz CT molecular complexity index is 686. The van der Waals surface area contributed by atoms with Crippen LogP contribution in [0.5, 0.6) is 5.75 Å². The summed E-state index contributed by atoms with van der Waals surface area (Å²) in [6.45, 7) is 1.76. The first-order valence-corrected chi connectivity index (χ1v) is 6.24. The molecule has 0 saturated heterocycles. The van der Waals surface area contributed by atoms with Crippen molar-refractivity contribution in [3.05, 3.63) is 40.1 Å². The summed E-state index contributed by atoms with van der Waals surface area (Å²) in [6, 6.07) is 5.86. The normalized spacial score (nSPS) is 10.0. The molecule has 0 atom stereocenters. The molecule has 21 heavy (non-hydrogen) atoms. The maximum atomic E-state index is 10.7. The molecule has 110 valence electrons. The number of nitrogens with zero attached hydrogens (tertiary/aromatic N) is 2. The lowest BCUT2D eigenvalue weighted by molar-refractivity contribution is -0.384. The van der Waals surface area contributed by atoms with Crippen molar-refractivity contribution in [1.82, 2.24) is 5.16 Å². The van der Waals surface area contributed by atoms with Gasteiger partial charge in [0, 0.05) is 12.1 Å². The van der Waals surface area contributed by atoms with Gasteiger partial charge in [-0.25, -0.2) is 0 Å². The van der Waals surface area contributed by atoms with E-state index in [9.17, 15) is 10.1 Å². The van der Waals surface area contributed by atoms with Gasteiger partial charge in [0.05, 0.1) is 23.8 Å². The van der Waals surface area contributed by atoms with Gasteiger partial charge in [0.25, 0.3) is 5.69 Å². The van der Waals surface area contributed by atoms with Crippen LogP contribution >= 0.6 is 12.2 Å². The number of nitrogens with one attached hydrogen (secondary N) is 2. The number of nitro groups is 1. The van der Waals surface area contributed by atoms with E-state index in [-0.39, 0.29) is 10.8 Å². The summed E-state index contributed by atoms with van der Waals surface area (Å²) in [5, 5.41) is 20.4. The third-order valence-corrected chi connectivity index (χ3v) is 2.72. The fraction of sp³-hybridized carbons (Fsp3) is 0.167. The van der Waals surface area contributed by atoms with Crippen LogP contribution in [0.1, 0.15) is 5.76 Å². The number of rotatable bonds is 4. The van der Waals surface area contributed by atoms with Gasteiger partial charge in [0.2, 0.25) is 0 Å². The van der Waals surface area contributed by atoms with E-state index in [1.54, 1.807) is 13.0 Å². The Morgan fingerprint density at radius 2 is 2.19 bits per heavy atom. The quantitative estimate of drug-likeness (QED) is 0.505. The third kappa shape index (κ3) is 3.66. The number of hydrogen-bond donors (Lipinski definition) is 2. The number of benzene rings is 1. The molecule has 0 radical (unpaired) electrons. The number of aromatic nitrogens is 1. The summed E-state index contributed by atoms with van der Waals surface area (Å²) < 4.78 is 10.0. The van der Waals surface area contributed by atoms with E-state index < -0.39 is 4.92 Å². The summed E-state index contributed by atoms with van der Waals surface area (Å²) in [5.41, 5.74) is 0.434. The lowest BCUT2D eigenvalue weighted by Gasteiger charge is -2.11. The standard InChI is InChI=1S/C12H12N4O4S/c1-7-5-11(15-20-7)14-12(21)13-9-4-3-8(16(17)18)6-10(9)19-2/h3-6H,1-2H3,(H2,13,14,15,21).